The third-order valence-corrected chi connectivity index (χ3v) is 4.89. The van der Waals surface area contributed by atoms with Crippen molar-refractivity contribution in [1.29, 1.82) is 0 Å². The third kappa shape index (κ3) is 4.01. The highest BCUT2D eigenvalue weighted by molar-refractivity contribution is 6.04. The molecule has 2 aromatic carbocycles. The molecule has 0 bridgehead atoms. The Kier molecular flexibility index (Phi) is 4.89. The highest BCUT2D eigenvalue weighted by atomic mass is 16.1. The molecule has 1 saturated heterocycles. The molecule has 0 radical (unpaired) electrons. The predicted octanol–water partition coefficient (Wildman–Crippen LogP) is 2.88. The van der Waals surface area contributed by atoms with Crippen LogP contribution in [0.1, 0.15) is 10.4 Å². The summed E-state index contributed by atoms with van der Waals surface area (Å²) in [6.07, 6.45) is 3.60. The third-order valence-electron chi connectivity index (χ3n) is 4.89. The molecule has 0 spiro atoms. The van der Waals surface area contributed by atoms with E-state index in [0.29, 0.717) is 5.56 Å². The molecule has 0 aliphatic carbocycles. The number of aromatic nitrogens is 2. The lowest BCUT2D eigenvalue weighted by molar-refractivity contribution is 0.102. The molecule has 2 heterocycles. The van der Waals surface area contributed by atoms with Crippen LogP contribution in [0.5, 0.6) is 0 Å². The summed E-state index contributed by atoms with van der Waals surface area (Å²) in [7, 11) is 2.15. The number of nitrogens with one attached hydrogen (secondary N) is 1. The van der Waals surface area contributed by atoms with Gasteiger partial charge in [0.25, 0.3) is 5.91 Å². The van der Waals surface area contributed by atoms with Gasteiger partial charge in [-0.2, -0.15) is 5.10 Å². The number of anilines is 2. The van der Waals surface area contributed by atoms with Crippen molar-refractivity contribution in [2.75, 3.05) is 43.4 Å². The lowest BCUT2D eigenvalue weighted by Gasteiger charge is -2.34. The van der Waals surface area contributed by atoms with E-state index in [2.05, 4.69) is 39.4 Å². The van der Waals surface area contributed by atoms with Crippen LogP contribution in [0.3, 0.4) is 0 Å². The number of carbonyl (C=O) groups is 1. The van der Waals surface area contributed by atoms with Gasteiger partial charge in [-0.25, -0.2) is 4.68 Å². The van der Waals surface area contributed by atoms with Crippen molar-refractivity contribution in [2.45, 2.75) is 0 Å². The Hall–Kier alpha value is -3.12. The minimum atomic E-state index is -0.116. The van der Waals surface area contributed by atoms with Gasteiger partial charge in [0, 0.05) is 55.5 Å². The highest BCUT2D eigenvalue weighted by Gasteiger charge is 2.14. The number of amides is 1. The van der Waals surface area contributed by atoms with E-state index < -0.39 is 0 Å². The first kappa shape index (κ1) is 17.3. The Morgan fingerprint density at radius 2 is 1.59 bits per heavy atom. The SMILES string of the molecule is CN1CCN(c2ccc(NC(=O)c3ccc(-n4cccn4)cc3)cc2)CC1. The van der Waals surface area contributed by atoms with Gasteiger partial charge in [-0.1, -0.05) is 0 Å². The van der Waals surface area contributed by atoms with E-state index in [0.717, 1.165) is 37.6 Å². The van der Waals surface area contributed by atoms with Crippen LogP contribution in [-0.2, 0) is 0 Å². The molecule has 4 rings (SSSR count). The van der Waals surface area contributed by atoms with E-state index in [1.807, 2.05) is 48.7 Å². The molecule has 0 unspecified atom stereocenters. The van der Waals surface area contributed by atoms with Crippen LogP contribution in [0.2, 0.25) is 0 Å². The molecule has 0 atom stereocenters. The highest BCUT2D eigenvalue weighted by Crippen LogP contribution is 2.20. The van der Waals surface area contributed by atoms with E-state index in [-0.39, 0.29) is 5.91 Å². The Bertz CT molecular complexity index is 879. The summed E-state index contributed by atoms with van der Waals surface area (Å²) in [5, 5.41) is 7.15. The monoisotopic (exact) mass is 361 g/mol. The van der Waals surface area contributed by atoms with Gasteiger partial charge >= 0.3 is 0 Å². The molecular weight excluding hydrogens is 338 g/mol. The first-order valence-electron chi connectivity index (χ1n) is 9.14. The van der Waals surface area contributed by atoms with Crippen LogP contribution >= 0.6 is 0 Å². The van der Waals surface area contributed by atoms with E-state index in [1.165, 1.54) is 5.69 Å². The normalized spacial score (nSPS) is 14.9. The molecule has 138 valence electrons. The summed E-state index contributed by atoms with van der Waals surface area (Å²) < 4.78 is 1.76. The predicted molar refractivity (Wildman–Crippen MR) is 108 cm³/mol. The Morgan fingerprint density at radius 1 is 0.926 bits per heavy atom. The topological polar surface area (TPSA) is 53.4 Å². The number of rotatable bonds is 4. The summed E-state index contributed by atoms with van der Waals surface area (Å²) in [5.41, 5.74) is 3.54. The first-order valence-corrected chi connectivity index (χ1v) is 9.14. The van der Waals surface area contributed by atoms with Crippen LogP contribution < -0.4 is 10.2 Å². The van der Waals surface area contributed by atoms with Gasteiger partial charge in [0.15, 0.2) is 0 Å². The summed E-state index contributed by atoms with van der Waals surface area (Å²) in [6, 6.07) is 17.3. The molecule has 1 amide bonds. The van der Waals surface area contributed by atoms with Gasteiger partial charge in [-0.3, -0.25) is 4.79 Å². The van der Waals surface area contributed by atoms with Crippen LogP contribution in [0.15, 0.2) is 67.0 Å². The molecule has 1 aliphatic rings. The van der Waals surface area contributed by atoms with Crippen molar-refractivity contribution >= 4 is 17.3 Å². The minimum absolute atomic E-state index is 0.116. The van der Waals surface area contributed by atoms with E-state index in [9.17, 15) is 4.79 Å². The fourth-order valence-electron chi connectivity index (χ4n) is 3.21. The Balaban J connectivity index is 1.39. The average molecular weight is 361 g/mol. The molecule has 0 saturated carbocycles. The summed E-state index contributed by atoms with van der Waals surface area (Å²) in [6.45, 7) is 4.22. The number of hydrogen-bond acceptors (Lipinski definition) is 4. The molecule has 1 N–H and O–H groups in total. The second-order valence-electron chi connectivity index (χ2n) is 6.79. The Morgan fingerprint density at radius 3 is 2.22 bits per heavy atom. The molecule has 6 heteroatoms. The number of piperazine rings is 1. The van der Waals surface area contributed by atoms with E-state index in [4.69, 9.17) is 0 Å². The van der Waals surface area contributed by atoms with Gasteiger partial charge in [-0.05, 0) is 61.6 Å². The van der Waals surface area contributed by atoms with Crippen LogP contribution in [0.25, 0.3) is 5.69 Å². The number of benzene rings is 2. The molecular formula is C21H23N5O. The molecule has 1 aliphatic heterocycles. The minimum Gasteiger partial charge on any atom is -0.369 e. The molecule has 1 fully saturated rings. The fraction of sp³-hybridized carbons (Fsp3) is 0.238. The van der Waals surface area contributed by atoms with Gasteiger partial charge < -0.3 is 15.1 Å². The van der Waals surface area contributed by atoms with Crippen molar-refractivity contribution in [1.82, 2.24) is 14.7 Å². The lowest BCUT2D eigenvalue weighted by Crippen LogP contribution is -2.44. The second-order valence-corrected chi connectivity index (χ2v) is 6.79. The van der Waals surface area contributed by atoms with Crippen LogP contribution in [0, 0.1) is 0 Å². The van der Waals surface area contributed by atoms with Crippen molar-refractivity contribution in [3.05, 3.63) is 72.6 Å². The van der Waals surface area contributed by atoms with Crippen molar-refractivity contribution < 1.29 is 4.79 Å². The zero-order valence-corrected chi connectivity index (χ0v) is 15.4. The lowest BCUT2D eigenvalue weighted by atomic mass is 10.2. The zero-order valence-electron chi connectivity index (χ0n) is 15.4. The quantitative estimate of drug-likeness (QED) is 0.776. The number of carbonyl (C=O) groups excluding carboxylic acids is 1. The summed E-state index contributed by atoms with van der Waals surface area (Å²) in [4.78, 5) is 17.2. The van der Waals surface area contributed by atoms with Gasteiger partial charge in [0.1, 0.15) is 0 Å². The molecule has 6 nitrogen and oxygen atoms in total. The van der Waals surface area contributed by atoms with Crippen molar-refractivity contribution in [3.63, 3.8) is 0 Å². The summed E-state index contributed by atoms with van der Waals surface area (Å²) >= 11 is 0. The fourth-order valence-corrected chi connectivity index (χ4v) is 3.21. The second kappa shape index (κ2) is 7.63. The first-order chi connectivity index (χ1) is 13.2. The van der Waals surface area contributed by atoms with Gasteiger partial charge in [0.2, 0.25) is 0 Å². The molecule has 1 aromatic heterocycles. The number of hydrogen-bond donors (Lipinski definition) is 1. The van der Waals surface area contributed by atoms with Gasteiger partial charge in [0.05, 0.1) is 5.69 Å². The maximum absolute atomic E-state index is 12.5. The summed E-state index contributed by atoms with van der Waals surface area (Å²) in [5.74, 6) is -0.116. The maximum Gasteiger partial charge on any atom is 0.255 e. The zero-order chi connectivity index (χ0) is 18.6. The van der Waals surface area contributed by atoms with Crippen LogP contribution in [0.4, 0.5) is 11.4 Å². The molecule has 27 heavy (non-hydrogen) atoms. The number of nitrogens with zero attached hydrogens (tertiary/aromatic N) is 4. The van der Waals surface area contributed by atoms with E-state index >= 15 is 0 Å². The number of likely N-dealkylation sites (N-methyl/N-ethyl adjacent to an activating group) is 1. The molecule has 3 aromatic rings. The largest absolute Gasteiger partial charge is 0.369 e. The smallest absolute Gasteiger partial charge is 0.255 e. The van der Waals surface area contributed by atoms with Crippen molar-refractivity contribution in [3.8, 4) is 5.69 Å². The van der Waals surface area contributed by atoms with Gasteiger partial charge in [-0.15, -0.1) is 0 Å². The maximum atomic E-state index is 12.5. The van der Waals surface area contributed by atoms with Crippen molar-refractivity contribution in [2.24, 2.45) is 0 Å². The average Bonchev–Trinajstić information content (AvgIpc) is 3.24. The van der Waals surface area contributed by atoms with E-state index in [1.54, 1.807) is 10.9 Å². The standard InChI is InChI=1S/C21H23N5O/c1-24-13-15-25(16-14-24)19-9-5-18(6-10-19)23-21(27)17-3-7-20(8-4-17)26-12-2-11-22-26/h2-12H,13-16H2,1H3,(H,23,27). The Labute approximate surface area is 159 Å². The van der Waals surface area contributed by atoms with Crippen LogP contribution in [-0.4, -0.2) is 53.8 Å².